The van der Waals surface area contributed by atoms with Crippen molar-refractivity contribution in [3.63, 3.8) is 0 Å². The second kappa shape index (κ2) is 8.39. The summed E-state index contributed by atoms with van der Waals surface area (Å²) in [6.45, 7) is 8.76. The zero-order valence-electron chi connectivity index (χ0n) is 22.9. The number of pyridine rings is 1. The van der Waals surface area contributed by atoms with Gasteiger partial charge in [-0.3, -0.25) is 9.98 Å². The summed E-state index contributed by atoms with van der Waals surface area (Å²) in [7, 11) is 0. The third-order valence-electron chi connectivity index (χ3n) is 8.44. The van der Waals surface area contributed by atoms with Crippen molar-refractivity contribution in [1.82, 2.24) is 25.1 Å². The summed E-state index contributed by atoms with van der Waals surface area (Å²) in [6, 6.07) is 15.7. The second-order valence-corrected chi connectivity index (χ2v) is 11.5. The Labute approximate surface area is 231 Å². The minimum absolute atomic E-state index is 0.314. The molecule has 0 radical (unpaired) electrons. The molecule has 0 saturated heterocycles. The molecule has 6 nitrogen and oxygen atoms in total. The van der Waals surface area contributed by atoms with E-state index in [9.17, 15) is 0 Å². The highest BCUT2D eigenvalue weighted by Crippen LogP contribution is 2.43. The fourth-order valence-electron chi connectivity index (χ4n) is 6.27. The molecule has 4 aromatic carbocycles. The van der Waals surface area contributed by atoms with E-state index < -0.39 is 0 Å². The third-order valence-corrected chi connectivity index (χ3v) is 8.44. The van der Waals surface area contributed by atoms with E-state index in [0.29, 0.717) is 11.8 Å². The van der Waals surface area contributed by atoms with Gasteiger partial charge < -0.3 is 4.98 Å². The number of imidazole rings is 1. The first-order valence-corrected chi connectivity index (χ1v) is 13.9. The van der Waals surface area contributed by atoms with Crippen molar-refractivity contribution < 1.29 is 0 Å². The third kappa shape index (κ3) is 3.25. The molecule has 0 bridgehead atoms. The van der Waals surface area contributed by atoms with Crippen LogP contribution in [0.25, 0.3) is 65.3 Å². The van der Waals surface area contributed by atoms with Gasteiger partial charge in [0.1, 0.15) is 5.82 Å². The molecule has 4 heterocycles. The fraction of sp³-hybridized carbons (Fsp3) is 0.206. The number of hydrogen-bond donors (Lipinski definition) is 1. The van der Waals surface area contributed by atoms with Gasteiger partial charge in [-0.1, -0.05) is 52.0 Å². The lowest BCUT2D eigenvalue weighted by Gasteiger charge is -2.13. The van der Waals surface area contributed by atoms with Crippen LogP contribution >= 0.6 is 0 Å². The Morgan fingerprint density at radius 3 is 2.15 bits per heavy atom. The van der Waals surface area contributed by atoms with Crippen LogP contribution in [-0.4, -0.2) is 30.9 Å². The Bertz CT molecular complexity index is 2200. The highest BCUT2D eigenvalue weighted by atomic mass is 15.1. The predicted molar refractivity (Wildman–Crippen MR) is 165 cm³/mol. The standard InChI is InChI=1S/C34H28N6/c1-17(2)30-13-26-21-7-5-19(12-25(21)27-15-36-37-16-29(27)31(26)38-30)20-6-8-23-24(11-20)22-9-10-35-14-28(22)33-32(23)39-34(40-33)18(3)4/h5-12,14-18H,13H2,1-4H3,(H,39,40). The minimum Gasteiger partial charge on any atom is -0.341 e. The van der Waals surface area contributed by atoms with Crippen LogP contribution in [0.4, 0.5) is 5.69 Å². The maximum absolute atomic E-state index is 5.05. The molecule has 0 saturated carbocycles. The second-order valence-electron chi connectivity index (χ2n) is 11.5. The van der Waals surface area contributed by atoms with E-state index in [2.05, 4.69) is 90.3 Å². The Hall–Kier alpha value is -4.71. The Morgan fingerprint density at radius 1 is 0.675 bits per heavy atom. The first-order chi connectivity index (χ1) is 19.5. The topological polar surface area (TPSA) is 79.7 Å². The molecule has 3 aromatic heterocycles. The highest BCUT2D eigenvalue weighted by molar-refractivity contribution is 6.24. The van der Waals surface area contributed by atoms with Crippen LogP contribution in [0.15, 0.2) is 72.2 Å². The van der Waals surface area contributed by atoms with Crippen LogP contribution in [0.5, 0.6) is 0 Å². The number of nitrogens with one attached hydrogen (secondary N) is 1. The number of nitrogens with zero attached hydrogens (tertiary/aromatic N) is 5. The highest BCUT2D eigenvalue weighted by Gasteiger charge is 2.23. The predicted octanol–water partition coefficient (Wildman–Crippen LogP) is 8.44. The number of H-pyrrole nitrogens is 1. The fourth-order valence-corrected chi connectivity index (χ4v) is 6.27. The summed E-state index contributed by atoms with van der Waals surface area (Å²) in [6.07, 6.45) is 8.44. The van der Waals surface area contributed by atoms with Gasteiger partial charge in [0.05, 0.1) is 29.1 Å². The SMILES string of the molecule is CC(C)C1=Nc2c(c3ccc(-c4ccc5c(c4)c4ccncc4c4nc(C(C)C)[nH]c54)cc3c3cnncc23)C1. The van der Waals surface area contributed by atoms with Gasteiger partial charge in [0, 0.05) is 52.0 Å². The molecule has 40 heavy (non-hydrogen) atoms. The number of aromatic nitrogens is 5. The van der Waals surface area contributed by atoms with E-state index >= 15 is 0 Å². The summed E-state index contributed by atoms with van der Waals surface area (Å²) >= 11 is 0. The number of rotatable bonds is 3. The lowest BCUT2D eigenvalue weighted by molar-refractivity contribution is 0.799. The Morgan fingerprint density at radius 2 is 1.40 bits per heavy atom. The number of aromatic amines is 1. The molecule has 0 unspecified atom stereocenters. The zero-order chi connectivity index (χ0) is 27.1. The Kier molecular flexibility index (Phi) is 4.87. The molecular formula is C34H28N6. The minimum atomic E-state index is 0.314. The van der Waals surface area contributed by atoms with Crippen molar-refractivity contribution in [3.8, 4) is 11.1 Å². The maximum Gasteiger partial charge on any atom is 0.109 e. The van der Waals surface area contributed by atoms with Crippen molar-refractivity contribution in [2.75, 3.05) is 0 Å². The van der Waals surface area contributed by atoms with E-state index in [1.807, 2.05) is 24.8 Å². The number of hydrogen-bond acceptors (Lipinski definition) is 5. The van der Waals surface area contributed by atoms with Crippen LogP contribution in [0, 0.1) is 5.92 Å². The van der Waals surface area contributed by atoms with E-state index in [1.165, 1.54) is 49.3 Å². The summed E-state index contributed by atoms with van der Waals surface area (Å²) < 4.78 is 0. The summed E-state index contributed by atoms with van der Waals surface area (Å²) in [4.78, 5) is 18.1. The van der Waals surface area contributed by atoms with Crippen LogP contribution < -0.4 is 0 Å². The molecule has 0 spiro atoms. The van der Waals surface area contributed by atoms with Crippen molar-refractivity contribution in [3.05, 3.63) is 78.6 Å². The zero-order valence-corrected chi connectivity index (χ0v) is 22.9. The van der Waals surface area contributed by atoms with Gasteiger partial charge in [0.15, 0.2) is 0 Å². The van der Waals surface area contributed by atoms with E-state index in [4.69, 9.17) is 9.98 Å². The first-order valence-electron chi connectivity index (χ1n) is 13.9. The van der Waals surface area contributed by atoms with Gasteiger partial charge in [-0.05, 0) is 62.4 Å². The molecule has 7 aromatic rings. The molecular weight excluding hydrogens is 492 g/mol. The molecule has 6 heteroatoms. The monoisotopic (exact) mass is 520 g/mol. The molecule has 0 fully saturated rings. The van der Waals surface area contributed by atoms with Crippen LogP contribution in [0.3, 0.4) is 0 Å². The average molecular weight is 521 g/mol. The van der Waals surface area contributed by atoms with Crippen molar-refractivity contribution in [2.45, 2.75) is 40.0 Å². The number of aliphatic imine (C=N–C) groups is 1. The molecule has 1 aliphatic heterocycles. The maximum atomic E-state index is 5.05. The van der Waals surface area contributed by atoms with Gasteiger partial charge in [-0.25, -0.2) is 4.98 Å². The quantitative estimate of drug-likeness (QED) is 0.237. The van der Waals surface area contributed by atoms with Gasteiger partial charge in [-0.2, -0.15) is 10.2 Å². The molecule has 0 amide bonds. The molecule has 1 N–H and O–H groups in total. The molecule has 1 aliphatic rings. The van der Waals surface area contributed by atoms with Gasteiger partial charge in [0.25, 0.3) is 0 Å². The van der Waals surface area contributed by atoms with E-state index in [0.717, 1.165) is 45.1 Å². The molecule has 0 atom stereocenters. The molecule has 8 rings (SSSR count). The largest absolute Gasteiger partial charge is 0.341 e. The lowest BCUT2D eigenvalue weighted by atomic mass is 9.91. The normalized spacial score (nSPS) is 13.5. The van der Waals surface area contributed by atoms with Gasteiger partial charge in [0.2, 0.25) is 0 Å². The van der Waals surface area contributed by atoms with Crippen molar-refractivity contribution in [2.24, 2.45) is 10.9 Å². The lowest BCUT2D eigenvalue weighted by Crippen LogP contribution is -2.06. The van der Waals surface area contributed by atoms with E-state index in [1.54, 1.807) is 0 Å². The number of benzene rings is 4. The van der Waals surface area contributed by atoms with Crippen LogP contribution in [0.2, 0.25) is 0 Å². The summed E-state index contributed by atoms with van der Waals surface area (Å²) in [5.41, 5.74) is 7.99. The molecule has 194 valence electrons. The summed E-state index contributed by atoms with van der Waals surface area (Å²) in [5, 5.41) is 17.7. The Balaban J connectivity index is 1.37. The van der Waals surface area contributed by atoms with Crippen molar-refractivity contribution in [1.29, 1.82) is 0 Å². The van der Waals surface area contributed by atoms with Gasteiger partial charge in [-0.15, -0.1) is 0 Å². The summed E-state index contributed by atoms with van der Waals surface area (Å²) in [5.74, 6) is 1.72. The van der Waals surface area contributed by atoms with E-state index in [-0.39, 0.29) is 0 Å². The number of fused-ring (bicyclic) bond motifs is 12. The molecule has 0 aliphatic carbocycles. The average Bonchev–Trinajstić information content (AvgIpc) is 3.64. The van der Waals surface area contributed by atoms with Crippen LogP contribution in [-0.2, 0) is 6.42 Å². The van der Waals surface area contributed by atoms with Gasteiger partial charge >= 0.3 is 0 Å². The smallest absolute Gasteiger partial charge is 0.109 e. The van der Waals surface area contributed by atoms with Crippen molar-refractivity contribution >= 4 is 65.5 Å². The van der Waals surface area contributed by atoms with Crippen LogP contribution in [0.1, 0.15) is 45.0 Å². The first kappa shape index (κ1) is 23.2.